The lowest BCUT2D eigenvalue weighted by Gasteiger charge is -2.34. The molecule has 2 rings (SSSR count). The van der Waals surface area contributed by atoms with Crippen molar-refractivity contribution in [3.8, 4) is 0 Å². The highest BCUT2D eigenvalue weighted by Crippen LogP contribution is 2.26. The van der Waals surface area contributed by atoms with E-state index >= 15 is 0 Å². The first kappa shape index (κ1) is 12.6. The molecule has 1 unspecified atom stereocenters. The van der Waals surface area contributed by atoms with E-state index in [1.54, 1.807) is 0 Å². The van der Waals surface area contributed by atoms with Gasteiger partial charge in [-0.15, -0.1) is 0 Å². The lowest BCUT2D eigenvalue weighted by Crippen LogP contribution is -2.42. The minimum Gasteiger partial charge on any atom is -0.368 e. The third-order valence-electron chi connectivity index (χ3n) is 3.16. The van der Waals surface area contributed by atoms with Crippen LogP contribution in [0.1, 0.15) is 19.8 Å². The molecule has 0 amide bonds. The van der Waals surface area contributed by atoms with Crippen molar-refractivity contribution in [3.05, 3.63) is 21.2 Å². The molecule has 0 spiro atoms. The fourth-order valence-corrected chi connectivity index (χ4v) is 2.43. The van der Waals surface area contributed by atoms with Gasteiger partial charge < -0.3 is 15.6 Å². The van der Waals surface area contributed by atoms with Crippen molar-refractivity contribution >= 4 is 21.7 Å². The Morgan fingerprint density at radius 2 is 2.47 bits per heavy atom. The zero-order valence-corrected chi connectivity index (χ0v) is 11.4. The van der Waals surface area contributed by atoms with Gasteiger partial charge in [0.15, 0.2) is 0 Å². The van der Waals surface area contributed by atoms with Gasteiger partial charge in [0.2, 0.25) is 0 Å². The summed E-state index contributed by atoms with van der Waals surface area (Å²) in [7, 11) is 0. The molecule has 6 heteroatoms. The SMILES string of the molecule is CC1(CNc2nc[nH]c(=O)c2Br)CCCNC1. The number of hydrogen-bond donors (Lipinski definition) is 3. The van der Waals surface area contributed by atoms with Crippen LogP contribution in [0.3, 0.4) is 0 Å². The zero-order valence-electron chi connectivity index (χ0n) is 9.85. The number of aromatic nitrogens is 2. The number of piperidine rings is 1. The third kappa shape index (κ3) is 3.07. The smallest absolute Gasteiger partial charge is 0.267 e. The van der Waals surface area contributed by atoms with Crippen LogP contribution in [-0.2, 0) is 0 Å². The monoisotopic (exact) mass is 300 g/mol. The first-order valence-electron chi connectivity index (χ1n) is 5.78. The molecule has 1 aliphatic heterocycles. The summed E-state index contributed by atoms with van der Waals surface area (Å²) in [4.78, 5) is 18.0. The Labute approximate surface area is 109 Å². The normalized spacial score (nSPS) is 24.6. The zero-order chi connectivity index (χ0) is 12.3. The van der Waals surface area contributed by atoms with Gasteiger partial charge in [0.1, 0.15) is 10.3 Å². The van der Waals surface area contributed by atoms with Gasteiger partial charge in [0, 0.05) is 13.1 Å². The van der Waals surface area contributed by atoms with Crippen molar-refractivity contribution in [2.45, 2.75) is 19.8 Å². The van der Waals surface area contributed by atoms with Crippen LogP contribution >= 0.6 is 15.9 Å². The Bertz CT molecular complexity index is 439. The molecule has 1 atom stereocenters. The van der Waals surface area contributed by atoms with Gasteiger partial charge in [0.25, 0.3) is 5.56 Å². The molecule has 0 bridgehead atoms. The standard InChI is InChI=1S/C11H17BrN4O/c1-11(3-2-4-13-5-11)6-14-9-8(12)10(17)16-7-15-9/h7,13H,2-6H2,1H3,(H2,14,15,16,17). The maximum Gasteiger partial charge on any atom is 0.267 e. The van der Waals surface area contributed by atoms with E-state index in [4.69, 9.17) is 0 Å². The molecule has 17 heavy (non-hydrogen) atoms. The van der Waals surface area contributed by atoms with E-state index in [0.717, 1.165) is 19.6 Å². The van der Waals surface area contributed by atoms with Gasteiger partial charge in [-0.3, -0.25) is 4.79 Å². The number of hydrogen-bond acceptors (Lipinski definition) is 4. The predicted octanol–water partition coefficient (Wildman–Crippen LogP) is 1.33. The van der Waals surface area contributed by atoms with Crippen LogP contribution in [0, 0.1) is 5.41 Å². The maximum absolute atomic E-state index is 11.4. The minimum absolute atomic E-state index is 0.158. The largest absolute Gasteiger partial charge is 0.368 e. The van der Waals surface area contributed by atoms with E-state index in [2.05, 4.69) is 43.5 Å². The number of H-pyrrole nitrogens is 1. The molecular formula is C11H17BrN4O. The Morgan fingerprint density at radius 1 is 1.65 bits per heavy atom. The van der Waals surface area contributed by atoms with Gasteiger partial charge in [0.05, 0.1) is 6.33 Å². The van der Waals surface area contributed by atoms with Crippen LogP contribution in [-0.4, -0.2) is 29.6 Å². The van der Waals surface area contributed by atoms with E-state index < -0.39 is 0 Å². The molecular weight excluding hydrogens is 284 g/mol. The van der Waals surface area contributed by atoms with Crippen molar-refractivity contribution in [1.82, 2.24) is 15.3 Å². The average Bonchev–Trinajstić information content (AvgIpc) is 2.32. The first-order valence-corrected chi connectivity index (χ1v) is 6.58. The molecule has 5 nitrogen and oxygen atoms in total. The summed E-state index contributed by atoms with van der Waals surface area (Å²) in [6, 6.07) is 0. The maximum atomic E-state index is 11.4. The van der Waals surface area contributed by atoms with E-state index in [-0.39, 0.29) is 11.0 Å². The Balaban J connectivity index is 2.02. The fraction of sp³-hybridized carbons (Fsp3) is 0.636. The molecule has 1 aromatic heterocycles. The highest BCUT2D eigenvalue weighted by Gasteiger charge is 2.26. The summed E-state index contributed by atoms with van der Waals surface area (Å²) in [5.41, 5.74) is 0.0662. The molecule has 0 aliphatic carbocycles. The minimum atomic E-state index is -0.158. The summed E-state index contributed by atoms with van der Waals surface area (Å²) >= 11 is 3.24. The highest BCUT2D eigenvalue weighted by atomic mass is 79.9. The molecule has 1 fully saturated rings. The topological polar surface area (TPSA) is 69.8 Å². The summed E-state index contributed by atoms with van der Waals surface area (Å²) in [5.74, 6) is 0.612. The van der Waals surface area contributed by atoms with Crippen LogP contribution in [0.25, 0.3) is 0 Å². The lowest BCUT2D eigenvalue weighted by molar-refractivity contribution is 0.253. The average molecular weight is 301 g/mol. The summed E-state index contributed by atoms with van der Waals surface area (Å²) in [6.45, 7) is 5.16. The van der Waals surface area contributed by atoms with Gasteiger partial charge >= 0.3 is 0 Å². The van der Waals surface area contributed by atoms with Gasteiger partial charge in [-0.05, 0) is 40.7 Å². The molecule has 2 heterocycles. The van der Waals surface area contributed by atoms with E-state index in [1.165, 1.54) is 19.2 Å². The van der Waals surface area contributed by atoms with Crippen LogP contribution in [0.5, 0.6) is 0 Å². The second-order valence-corrected chi connectivity index (χ2v) is 5.63. The first-order chi connectivity index (χ1) is 8.11. The Hall–Kier alpha value is -0.880. The van der Waals surface area contributed by atoms with Crippen molar-refractivity contribution in [2.24, 2.45) is 5.41 Å². The second kappa shape index (κ2) is 5.18. The second-order valence-electron chi connectivity index (χ2n) is 4.84. The third-order valence-corrected chi connectivity index (χ3v) is 3.90. The molecule has 0 saturated carbocycles. The number of halogens is 1. The van der Waals surface area contributed by atoms with E-state index in [0.29, 0.717) is 10.3 Å². The van der Waals surface area contributed by atoms with Crippen LogP contribution in [0.4, 0.5) is 5.82 Å². The number of anilines is 1. The number of aromatic amines is 1. The molecule has 1 aliphatic rings. The molecule has 94 valence electrons. The van der Waals surface area contributed by atoms with Crippen LogP contribution in [0.2, 0.25) is 0 Å². The highest BCUT2D eigenvalue weighted by molar-refractivity contribution is 9.10. The van der Waals surface area contributed by atoms with E-state index in [1.807, 2.05) is 0 Å². The van der Waals surface area contributed by atoms with Gasteiger partial charge in [-0.2, -0.15) is 0 Å². The molecule has 0 radical (unpaired) electrons. The van der Waals surface area contributed by atoms with Gasteiger partial charge in [-0.1, -0.05) is 6.92 Å². The predicted molar refractivity (Wildman–Crippen MR) is 71.3 cm³/mol. The summed E-state index contributed by atoms with van der Waals surface area (Å²) in [5, 5.41) is 6.64. The number of nitrogens with zero attached hydrogens (tertiary/aromatic N) is 1. The van der Waals surface area contributed by atoms with Crippen molar-refractivity contribution < 1.29 is 0 Å². The van der Waals surface area contributed by atoms with Crippen LogP contribution in [0.15, 0.2) is 15.6 Å². The number of rotatable bonds is 3. The number of nitrogens with one attached hydrogen (secondary N) is 3. The molecule has 1 aromatic rings. The van der Waals surface area contributed by atoms with Crippen molar-refractivity contribution in [1.29, 1.82) is 0 Å². The fourth-order valence-electron chi connectivity index (χ4n) is 2.07. The molecule has 1 saturated heterocycles. The van der Waals surface area contributed by atoms with Crippen molar-refractivity contribution in [2.75, 3.05) is 25.0 Å². The summed E-state index contributed by atoms with van der Waals surface area (Å²) < 4.78 is 0.465. The lowest BCUT2D eigenvalue weighted by atomic mass is 9.83. The van der Waals surface area contributed by atoms with Crippen LogP contribution < -0.4 is 16.2 Å². The van der Waals surface area contributed by atoms with Crippen molar-refractivity contribution in [3.63, 3.8) is 0 Å². The summed E-state index contributed by atoms with van der Waals surface area (Å²) in [6.07, 6.45) is 3.80. The quantitative estimate of drug-likeness (QED) is 0.788. The van der Waals surface area contributed by atoms with Gasteiger partial charge in [-0.25, -0.2) is 4.98 Å². The van der Waals surface area contributed by atoms with E-state index in [9.17, 15) is 4.79 Å². The Kier molecular flexibility index (Phi) is 3.83. The Morgan fingerprint density at radius 3 is 3.18 bits per heavy atom. The molecule has 3 N–H and O–H groups in total. The molecule has 0 aromatic carbocycles.